The molecule has 0 aromatic heterocycles. The number of rotatable bonds is 4. The summed E-state index contributed by atoms with van der Waals surface area (Å²) in [6.07, 6.45) is 4.02. The molecule has 1 aromatic rings. The maximum absolute atomic E-state index is 5.88. The topological polar surface area (TPSA) is 15.3 Å². The fourth-order valence-electron chi connectivity index (χ4n) is 1.05. The minimum absolute atomic E-state index is 0.568. The lowest BCUT2D eigenvalue weighted by Crippen LogP contribution is -2.03. The predicted molar refractivity (Wildman–Crippen MR) is 67.8 cm³/mol. The first kappa shape index (κ1) is 12.2. The van der Waals surface area contributed by atoms with E-state index in [1.165, 1.54) is 0 Å². The van der Waals surface area contributed by atoms with Crippen LogP contribution in [0.15, 0.2) is 30.5 Å². The number of nitrogens with one attached hydrogen (secondary N) is 1. The van der Waals surface area contributed by atoms with Crippen LogP contribution in [0.2, 0.25) is 10.0 Å². The Labute approximate surface area is 100 Å². The molecule has 15 heavy (non-hydrogen) atoms. The summed E-state index contributed by atoms with van der Waals surface area (Å²) in [5.74, 6) is 0. The minimum atomic E-state index is 0.568. The van der Waals surface area contributed by atoms with Crippen molar-refractivity contribution in [3.05, 3.63) is 40.5 Å². The first-order valence-corrected chi connectivity index (χ1v) is 5.37. The van der Waals surface area contributed by atoms with Crippen LogP contribution in [0.3, 0.4) is 0 Å². The Kier molecular flexibility index (Phi) is 4.79. The third kappa shape index (κ3) is 4.45. The summed E-state index contributed by atoms with van der Waals surface area (Å²) in [7, 11) is 3.96. The van der Waals surface area contributed by atoms with Crippen LogP contribution >= 0.6 is 23.2 Å². The highest BCUT2D eigenvalue weighted by molar-refractivity contribution is 6.42. The van der Waals surface area contributed by atoms with Crippen LogP contribution in [0.5, 0.6) is 0 Å². The van der Waals surface area contributed by atoms with Crippen molar-refractivity contribution in [2.24, 2.45) is 0 Å². The summed E-state index contributed by atoms with van der Waals surface area (Å²) in [6.45, 7) is 0.760. The number of nitrogens with zero attached hydrogens (tertiary/aromatic N) is 1. The predicted octanol–water partition coefficient (Wildman–Crippen LogP) is 3.48. The van der Waals surface area contributed by atoms with E-state index in [4.69, 9.17) is 23.2 Å². The monoisotopic (exact) mass is 244 g/mol. The summed E-state index contributed by atoms with van der Waals surface area (Å²) in [6, 6.07) is 5.49. The van der Waals surface area contributed by atoms with Crippen LogP contribution < -0.4 is 5.32 Å². The van der Waals surface area contributed by atoms with Gasteiger partial charge >= 0.3 is 0 Å². The first-order chi connectivity index (χ1) is 7.09. The van der Waals surface area contributed by atoms with E-state index >= 15 is 0 Å². The molecule has 0 spiro atoms. The van der Waals surface area contributed by atoms with Gasteiger partial charge in [0.05, 0.1) is 10.0 Å². The largest absolute Gasteiger partial charge is 0.384 e. The number of anilines is 1. The van der Waals surface area contributed by atoms with Crippen molar-refractivity contribution < 1.29 is 0 Å². The van der Waals surface area contributed by atoms with Gasteiger partial charge < -0.3 is 10.2 Å². The average Bonchev–Trinajstić information content (AvgIpc) is 2.18. The SMILES string of the molecule is CN(C)C=CCNc1ccc(Cl)c(Cl)c1. The Morgan fingerprint density at radius 3 is 2.60 bits per heavy atom. The number of hydrogen-bond acceptors (Lipinski definition) is 2. The molecule has 1 rings (SSSR count). The Morgan fingerprint density at radius 2 is 2.00 bits per heavy atom. The fourth-order valence-corrected chi connectivity index (χ4v) is 1.34. The molecular weight excluding hydrogens is 231 g/mol. The van der Waals surface area contributed by atoms with Crippen LogP contribution in [0.25, 0.3) is 0 Å². The summed E-state index contributed by atoms with van der Waals surface area (Å²) in [5.41, 5.74) is 0.966. The second kappa shape index (κ2) is 5.89. The molecule has 1 aromatic carbocycles. The van der Waals surface area contributed by atoms with E-state index in [2.05, 4.69) is 5.32 Å². The molecule has 0 aliphatic rings. The van der Waals surface area contributed by atoms with Crippen molar-refractivity contribution in [3.63, 3.8) is 0 Å². The molecule has 4 heteroatoms. The van der Waals surface area contributed by atoms with Gasteiger partial charge in [-0.1, -0.05) is 23.2 Å². The van der Waals surface area contributed by atoms with Gasteiger partial charge in [-0.3, -0.25) is 0 Å². The minimum Gasteiger partial charge on any atom is -0.384 e. The van der Waals surface area contributed by atoms with E-state index < -0.39 is 0 Å². The Bertz CT molecular complexity index is 348. The van der Waals surface area contributed by atoms with Crippen molar-refractivity contribution >= 4 is 28.9 Å². The maximum atomic E-state index is 5.88. The third-order valence-electron chi connectivity index (χ3n) is 1.75. The first-order valence-electron chi connectivity index (χ1n) is 4.61. The molecule has 82 valence electrons. The molecule has 0 fully saturated rings. The maximum Gasteiger partial charge on any atom is 0.0612 e. The molecule has 0 aliphatic heterocycles. The molecule has 0 unspecified atom stereocenters. The smallest absolute Gasteiger partial charge is 0.0612 e. The van der Waals surface area contributed by atoms with Crippen molar-refractivity contribution in [1.29, 1.82) is 0 Å². The van der Waals surface area contributed by atoms with E-state index in [9.17, 15) is 0 Å². The van der Waals surface area contributed by atoms with Crippen LogP contribution in [0, 0.1) is 0 Å². The van der Waals surface area contributed by atoms with E-state index in [0.717, 1.165) is 12.2 Å². The van der Waals surface area contributed by atoms with E-state index in [0.29, 0.717) is 10.0 Å². The van der Waals surface area contributed by atoms with Crippen LogP contribution in [0.1, 0.15) is 0 Å². The molecule has 1 N–H and O–H groups in total. The fraction of sp³-hybridized carbons (Fsp3) is 0.273. The number of hydrogen-bond donors (Lipinski definition) is 1. The van der Waals surface area contributed by atoms with Gasteiger partial charge in [0.25, 0.3) is 0 Å². The van der Waals surface area contributed by atoms with Crippen molar-refractivity contribution in [1.82, 2.24) is 4.90 Å². The zero-order valence-corrected chi connectivity index (χ0v) is 10.3. The van der Waals surface area contributed by atoms with Gasteiger partial charge in [0, 0.05) is 26.3 Å². The Hall–Kier alpha value is -0.860. The zero-order valence-electron chi connectivity index (χ0n) is 8.80. The Balaban J connectivity index is 2.48. The molecule has 0 aliphatic carbocycles. The molecular formula is C11H14Cl2N2. The highest BCUT2D eigenvalue weighted by atomic mass is 35.5. The van der Waals surface area contributed by atoms with Gasteiger partial charge in [-0.25, -0.2) is 0 Å². The van der Waals surface area contributed by atoms with E-state index in [1.807, 2.05) is 43.4 Å². The third-order valence-corrected chi connectivity index (χ3v) is 2.49. The highest BCUT2D eigenvalue weighted by Crippen LogP contribution is 2.24. The number of benzene rings is 1. The molecule has 0 saturated carbocycles. The molecule has 2 nitrogen and oxygen atoms in total. The quantitative estimate of drug-likeness (QED) is 0.873. The molecule has 0 heterocycles. The van der Waals surface area contributed by atoms with Gasteiger partial charge in [-0.2, -0.15) is 0 Å². The van der Waals surface area contributed by atoms with Gasteiger partial charge in [0.1, 0.15) is 0 Å². The van der Waals surface area contributed by atoms with Crippen LogP contribution in [-0.4, -0.2) is 25.5 Å². The van der Waals surface area contributed by atoms with Gasteiger partial charge in [0.2, 0.25) is 0 Å². The Morgan fingerprint density at radius 1 is 1.27 bits per heavy atom. The molecule has 0 radical (unpaired) electrons. The van der Waals surface area contributed by atoms with E-state index in [1.54, 1.807) is 6.07 Å². The van der Waals surface area contributed by atoms with Crippen molar-refractivity contribution in [3.8, 4) is 0 Å². The summed E-state index contributed by atoms with van der Waals surface area (Å²) < 4.78 is 0. The van der Waals surface area contributed by atoms with Crippen LogP contribution in [0.4, 0.5) is 5.69 Å². The van der Waals surface area contributed by atoms with Crippen molar-refractivity contribution in [2.45, 2.75) is 0 Å². The molecule has 0 atom stereocenters. The zero-order chi connectivity index (χ0) is 11.3. The highest BCUT2D eigenvalue weighted by Gasteiger charge is 1.97. The molecule has 0 saturated heterocycles. The lowest BCUT2D eigenvalue weighted by molar-refractivity contribution is 0.562. The van der Waals surface area contributed by atoms with Crippen molar-refractivity contribution in [2.75, 3.05) is 26.0 Å². The lowest BCUT2D eigenvalue weighted by Gasteiger charge is -2.06. The second-order valence-corrected chi connectivity index (χ2v) is 4.17. The molecule has 0 bridgehead atoms. The van der Waals surface area contributed by atoms with Gasteiger partial charge in [-0.05, 0) is 30.5 Å². The van der Waals surface area contributed by atoms with Gasteiger partial charge in [-0.15, -0.1) is 0 Å². The van der Waals surface area contributed by atoms with Gasteiger partial charge in [0.15, 0.2) is 0 Å². The summed E-state index contributed by atoms with van der Waals surface area (Å²) >= 11 is 11.7. The van der Waals surface area contributed by atoms with Crippen LogP contribution in [-0.2, 0) is 0 Å². The average molecular weight is 245 g/mol. The normalized spacial score (nSPS) is 10.7. The summed E-state index contributed by atoms with van der Waals surface area (Å²) in [4.78, 5) is 1.98. The number of halogens is 2. The summed E-state index contributed by atoms with van der Waals surface area (Å²) in [5, 5.41) is 4.35. The second-order valence-electron chi connectivity index (χ2n) is 3.36. The molecule has 0 amide bonds. The standard InChI is InChI=1S/C11H14Cl2N2/c1-15(2)7-3-6-14-9-4-5-10(12)11(13)8-9/h3-5,7-8,14H,6H2,1-2H3. The van der Waals surface area contributed by atoms with E-state index in [-0.39, 0.29) is 0 Å². The lowest BCUT2D eigenvalue weighted by atomic mass is 10.3.